The van der Waals surface area contributed by atoms with Crippen LogP contribution in [-0.4, -0.2) is 12.6 Å². The number of benzene rings is 1. The standard InChI is InChI=1S/C11H13Cl2NO/c12-7-3-4-8(9(13)6-7)11-10(14)2-1-5-15-11/h3-4,6,10-11H,1-2,5,14H2. The fourth-order valence-corrected chi connectivity index (χ4v) is 2.37. The van der Waals surface area contributed by atoms with E-state index in [1.54, 1.807) is 6.07 Å². The Bertz CT molecular complexity index is 356. The summed E-state index contributed by atoms with van der Waals surface area (Å²) in [4.78, 5) is 0. The molecule has 0 aliphatic carbocycles. The van der Waals surface area contributed by atoms with E-state index < -0.39 is 0 Å². The number of ether oxygens (including phenoxy) is 1. The van der Waals surface area contributed by atoms with Crippen molar-refractivity contribution in [3.05, 3.63) is 33.8 Å². The first-order chi connectivity index (χ1) is 7.18. The first kappa shape index (κ1) is 11.2. The lowest BCUT2D eigenvalue weighted by atomic mass is 9.97. The Kier molecular flexibility index (Phi) is 3.52. The average molecular weight is 246 g/mol. The third kappa shape index (κ3) is 2.45. The van der Waals surface area contributed by atoms with Gasteiger partial charge in [0.2, 0.25) is 0 Å². The minimum atomic E-state index is -0.0940. The van der Waals surface area contributed by atoms with Crippen LogP contribution in [0.15, 0.2) is 18.2 Å². The van der Waals surface area contributed by atoms with Crippen molar-refractivity contribution in [2.24, 2.45) is 5.73 Å². The van der Waals surface area contributed by atoms with Gasteiger partial charge in [-0.1, -0.05) is 29.3 Å². The second kappa shape index (κ2) is 4.71. The highest BCUT2D eigenvalue weighted by Gasteiger charge is 2.25. The van der Waals surface area contributed by atoms with Crippen LogP contribution in [0.4, 0.5) is 0 Å². The lowest BCUT2D eigenvalue weighted by Crippen LogP contribution is -2.34. The molecule has 1 heterocycles. The van der Waals surface area contributed by atoms with Crippen molar-refractivity contribution in [1.29, 1.82) is 0 Å². The molecule has 0 radical (unpaired) electrons. The summed E-state index contributed by atoms with van der Waals surface area (Å²) in [5.41, 5.74) is 6.94. The lowest BCUT2D eigenvalue weighted by molar-refractivity contribution is 0.000210. The molecule has 1 aromatic carbocycles. The molecular formula is C11H13Cl2NO. The molecule has 0 amide bonds. The van der Waals surface area contributed by atoms with Gasteiger partial charge < -0.3 is 10.5 Å². The van der Waals surface area contributed by atoms with E-state index in [0.29, 0.717) is 10.0 Å². The molecular weight excluding hydrogens is 233 g/mol. The van der Waals surface area contributed by atoms with Gasteiger partial charge in [-0.2, -0.15) is 0 Å². The summed E-state index contributed by atoms with van der Waals surface area (Å²) in [7, 11) is 0. The van der Waals surface area contributed by atoms with E-state index in [4.69, 9.17) is 33.7 Å². The molecule has 2 rings (SSSR count). The van der Waals surface area contributed by atoms with Gasteiger partial charge in [-0.3, -0.25) is 0 Å². The topological polar surface area (TPSA) is 35.2 Å². The molecule has 2 N–H and O–H groups in total. The molecule has 1 aliphatic rings. The van der Waals surface area contributed by atoms with Gasteiger partial charge in [-0.25, -0.2) is 0 Å². The van der Waals surface area contributed by atoms with E-state index in [2.05, 4.69) is 0 Å². The zero-order valence-corrected chi connectivity index (χ0v) is 9.76. The summed E-state index contributed by atoms with van der Waals surface area (Å²) in [6, 6.07) is 5.45. The normalized spacial score (nSPS) is 26.6. The summed E-state index contributed by atoms with van der Waals surface area (Å²) in [5, 5.41) is 1.26. The van der Waals surface area contributed by atoms with Crippen LogP contribution in [0.25, 0.3) is 0 Å². The van der Waals surface area contributed by atoms with Crippen molar-refractivity contribution in [3.8, 4) is 0 Å². The molecule has 1 fully saturated rings. The van der Waals surface area contributed by atoms with Gasteiger partial charge in [-0.15, -0.1) is 0 Å². The van der Waals surface area contributed by atoms with Crippen molar-refractivity contribution in [3.63, 3.8) is 0 Å². The molecule has 2 nitrogen and oxygen atoms in total. The molecule has 15 heavy (non-hydrogen) atoms. The molecule has 0 spiro atoms. The maximum absolute atomic E-state index is 6.11. The molecule has 2 unspecified atom stereocenters. The SMILES string of the molecule is NC1CCCOC1c1ccc(Cl)cc1Cl. The van der Waals surface area contributed by atoms with Crippen molar-refractivity contribution in [2.75, 3.05) is 6.61 Å². The number of halogens is 2. The summed E-state index contributed by atoms with van der Waals surface area (Å²) >= 11 is 11.9. The fourth-order valence-electron chi connectivity index (χ4n) is 1.86. The third-order valence-corrected chi connectivity index (χ3v) is 3.20. The van der Waals surface area contributed by atoms with Gasteiger partial charge in [0.15, 0.2) is 0 Å². The van der Waals surface area contributed by atoms with Gasteiger partial charge in [0, 0.05) is 28.3 Å². The van der Waals surface area contributed by atoms with Gasteiger partial charge >= 0.3 is 0 Å². The van der Waals surface area contributed by atoms with Crippen molar-refractivity contribution >= 4 is 23.2 Å². The summed E-state index contributed by atoms with van der Waals surface area (Å²) in [5.74, 6) is 0. The van der Waals surface area contributed by atoms with E-state index >= 15 is 0 Å². The maximum Gasteiger partial charge on any atom is 0.0990 e. The van der Waals surface area contributed by atoms with Gasteiger partial charge in [-0.05, 0) is 25.0 Å². The third-order valence-electron chi connectivity index (χ3n) is 2.64. The van der Waals surface area contributed by atoms with E-state index in [1.807, 2.05) is 12.1 Å². The van der Waals surface area contributed by atoms with Gasteiger partial charge in [0.05, 0.1) is 6.10 Å². The Morgan fingerprint density at radius 3 is 2.80 bits per heavy atom. The van der Waals surface area contributed by atoms with Gasteiger partial charge in [0.25, 0.3) is 0 Å². The number of hydrogen-bond donors (Lipinski definition) is 1. The molecule has 1 aliphatic heterocycles. The predicted octanol–water partition coefficient (Wildman–Crippen LogP) is 3.17. The second-order valence-corrected chi connectivity index (χ2v) is 4.61. The first-order valence-corrected chi connectivity index (χ1v) is 5.76. The largest absolute Gasteiger partial charge is 0.372 e. The maximum atomic E-state index is 6.11. The number of hydrogen-bond acceptors (Lipinski definition) is 2. The monoisotopic (exact) mass is 245 g/mol. The molecule has 1 saturated heterocycles. The van der Waals surface area contributed by atoms with Crippen LogP contribution in [0.5, 0.6) is 0 Å². The summed E-state index contributed by atoms with van der Waals surface area (Å²) in [6.07, 6.45) is 1.90. The first-order valence-electron chi connectivity index (χ1n) is 5.00. The zero-order valence-electron chi connectivity index (χ0n) is 8.25. The Hall–Kier alpha value is -0.280. The van der Waals surface area contributed by atoms with Crippen molar-refractivity contribution in [2.45, 2.75) is 25.0 Å². The molecule has 0 saturated carbocycles. The van der Waals surface area contributed by atoms with Crippen LogP contribution in [0.2, 0.25) is 10.0 Å². The van der Waals surface area contributed by atoms with Gasteiger partial charge in [0.1, 0.15) is 0 Å². The molecule has 4 heteroatoms. The second-order valence-electron chi connectivity index (χ2n) is 3.76. The van der Waals surface area contributed by atoms with E-state index in [1.165, 1.54) is 0 Å². The Morgan fingerprint density at radius 2 is 2.13 bits per heavy atom. The highest BCUT2D eigenvalue weighted by Crippen LogP contribution is 2.33. The van der Waals surface area contributed by atoms with Crippen LogP contribution < -0.4 is 5.73 Å². The molecule has 0 bridgehead atoms. The smallest absolute Gasteiger partial charge is 0.0990 e. The van der Waals surface area contributed by atoms with E-state index in [-0.39, 0.29) is 12.1 Å². The predicted molar refractivity (Wildman–Crippen MR) is 62.4 cm³/mol. The quantitative estimate of drug-likeness (QED) is 0.825. The van der Waals surface area contributed by atoms with E-state index in [0.717, 1.165) is 25.0 Å². The van der Waals surface area contributed by atoms with Crippen molar-refractivity contribution < 1.29 is 4.74 Å². The van der Waals surface area contributed by atoms with Crippen LogP contribution in [-0.2, 0) is 4.74 Å². The Labute approximate surface area is 99.3 Å². The van der Waals surface area contributed by atoms with Crippen molar-refractivity contribution in [1.82, 2.24) is 0 Å². The zero-order chi connectivity index (χ0) is 10.8. The van der Waals surface area contributed by atoms with Crippen LogP contribution in [0, 0.1) is 0 Å². The number of rotatable bonds is 1. The molecule has 1 aromatic rings. The minimum absolute atomic E-state index is 0.0254. The molecule has 0 aromatic heterocycles. The summed E-state index contributed by atoms with van der Waals surface area (Å²) in [6.45, 7) is 0.747. The van der Waals surface area contributed by atoms with Crippen LogP contribution in [0.1, 0.15) is 24.5 Å². The van der Waals surface area contributed by atoms with E-state index in [9.17, 15) is 0 Å². The highest BCUT2D eigenvalue weighted by molar-refractivity contribution is 6.35. The Morgan fingerprint density at radius 1 is 1.33 bits per heavy atom. The van der Waals surface area contributed by atoms with Crippen LogP contribution in [0.3, 0.4) is 0 Å². The molecule has 2 atom stereocenters. The Balaban J connectivity index is 2.27. The lowest BCUT2D eigenvalue weighted by Gasteiger charge is -2.29. The minimum Gasteiger partial charge on any atom is -0.372 e. The van der Waals surface area contributed by atoms with Crippen LogP contribution >= 0.6 is 23.2 Å². The summed E-state index contributed by atoms with van der Waals surface area (Å²) < 4.78 is 5.64. The fraction of sp³-hybridized carbons (Fsp3) is 0.455. The molecule has 82 valence electrons. The average Bonchev–Trinajstić information content (AvgIpc) is 2.20. The number of nitrogens with two attached hydrogens (primary N) is 1. The highest BCUT2D eigenvalue weighted by atomic mass is 35.5.